The summed E-state index contributed by atoms with van der Waals surface area (Å²) in [5, 5.41) is 0. The van der Waals surface area contributed by atoms with Crippen LogP contribution in [0.2, 0.25) is 0 Å². The Balaban J connectivity index is 0. The first kappa shape index (κ1) is 1890. The molecule has 0 fully saturated rings. The van der Waals surface area contributed by atoms with E-state index in [1.165, 1.54) is 0 Å². The topological polar surface area (TPSA) is 0 Å². The molecule has 4 heteroatoms. The molecule has 0 spiro atoms. The second-order valence-corrected chi connectivity index (χ2v) is 0. The van der Waals surface area contributed by atoms with E-state index in [1.807, 2.05) is 0 Å². The van der Waals surface area contributed by atoms with Crippen LogP contribution in [0.3, 0.4) is 0 Å². The molecule has 0 aromatic rings. The van der Waals surface area contributed by atoms with E-state index in [0.29, 0.717) is 0 Å². The van der Waals surface area contributed by atoms with Gasteiger partial charge >= 0.3 is 0 Å². The molecule has 0 saturated carbocycles. The van der Waals surface area contributed by atoms with Crippen molar-refractivity contribution in [3.63, 3.8) is 0 Å². The molecule has 0 amide bonds. The molecule has 0 rings (SSSR count). The van der Waals surface area contributed by atoms with Crippen LogP contribution in [0.1, 0.15) is 0 Å². The second kappa shape index (κ2) is 594. The van der Waals surface area contributed by atoms with Gasteiger partial charge in [-0.1, -0.05) is 0 Å². The normalized spacial score (nSPS) is 0. The summed E-state index contributed by atoms with van der Waals surface area (Å²) < 4.78 is 0. The Morgan fingerprint density at radius 1 is 0.500 bits per heavy atom. The molecule has 0 nitrogen and oxygen atoms in total. The molecular formula is Cl3Nh. The first-order valence-electron chi connectivity index (χ1n) is 0. The maximum atomic E-state index is 0. The van der Waals surface area contributed by atoms with Crippen LogP contribution < -0.4 is 37.2 Å². The summed E-state index contributed by atoms with van der Waals surface area (Å²) in [6.45, 7) is 0. The molecule has 0 saturated heterocycles. The van der Waals surface area contributed by atoms with Crippen LogP contribution in [0.25, 0.3) is 0 Å². The van der Waals surface area contributed by atoms with Gasteiger partial charge in [0.15, 0.2) is 0 Å². The van der Waals surface area contributed by atoms with Crippen molar-refractivity contribution in [2.45, 2.75) is 0 Å². The average Bonchev–Trinajstić information content (AvgIpc) is 0. The van der Waals surface area contributed by atoms with Gasteiger partial charge in [-0.3, -0.25) is 0 Å². The Bertz CT molecular complexity index is 3.25. The molecular weight excluding hydrogens is 390 g/mol. The number of halogens is 3. The van der Waals surface area contributed by atoms with E-state index in [2.05, 4.69) is 0 Å². The Kier molecular flexibility index (Phi) is 280000. The summed E-state index contributed by atoms with van der Waals surface area (Å²) in [6, 6.07) is 0. The quantitative estimate of drug-likeness (QED) is 0.386. The third-order valence-electron chi connectivity index (χ3n) is 0. The molecule has 0 bridgehead atoms. The molecule has 0 heterocycles. The monoisotopic (exact) mass is 389 g/mol. The predicted octanol–water partition coefficient (Wildman–Crippen LogP) is -8.99. The molecule has 0 aromatic carbocycles. The van der Waals surface area contributed by atoms with Crippen LogP contribution in [0.5, 0.6) is 0 Å². The van der Waals surface area contributed by atoms with Crippen molar-refractivity contribution >= 4 is 0 Å². The molecule has 4 heavy (non-hydrogen) atoms. The van der Waals surface area contributed by atoms with Gasteiger partial charge in [-0.2, -0.15) is 0 Å². The standard InChI is InChI=1S/3ClH.Nh/h3*1H;/q;;;+3/p-3. The van der Waals surface area contributed by atoms with Gasteiger partial charge in [-0.05, 0) is 0 Å². The Labute approximate surface area is 37.8 Å². The Morgan fingerprint density at radius 2 is 0.500 bits per heavy atom. The van der Waals surface area contributed by atoms with Gasteiger partial charge in [0.05, 0.1) is 0 Å². The van der Waals surface area contributed by atoms with Crippen LogP contribution in [0.4, 0.5) is 0 Å². The third-order valence-corrected chi connectivity index (χ3v) is 0. The van der Waals surface area contributed by atoms with Crippen molar-refractivity contribution in [3.8, 4) is 0 Å². The zero-order valence-corrected chi connectivity index (χ0v) is 10.8. The molecule has 0 N–H and O–H groups in total. The molecule has 23 valence electrons. The van der Waals surface area contributed by atoms with E-state index >= 15 is 0 Å². The minimum Gasteiger partial charge on any atom is -1.00 e. The molecule has 0 radical (unpaired) electrons. The van der Waals surface area contributed by atoms with Crippen molar-refractivity contribution in [2.75, 3.05) is 0 Å². The summed E-state index contributed by atoms with van der Waals surface area (Å²) in [6.07, 6.45) is 0. The zero-order valence-electron chi connectivity index (χ0n) is 1.84. The zero-order chi connectivity index (χ0) is 0. The van der Waals surface area contributed by atoms with Gasteiger partial charge in [-0.15, -0.1) is 0 Å². The maximum Gasteiger partial charge on any atom is 3.00 e. The van der Waals surface area contributed by atoms with Crippen LogP contribution >= 0.6 is 0 Å². The summed E-state index contributed by atoms with van der Waals surface area (Å²) in [7, 11) is 0. The van der Waals surface area contributed by atoms with E-state index in [4.69, 9.17) is 0 Å². The molecule has 0 atom stereocenters. The number of rotatable bonds is 0. The van der Waals surface area contributed by atoms with Crippen LogP contribution in [0, 0.1) is 0 Å². The molecule has 0 aliphatic heterocycles. The van der Waals surface area contributed by atoms with Gasteiger partial charge < -0.3 is 37.2 Å². The predicted molar refractivity (Wildman–Crippen MR) is 0 cm³/mol. The van der Waals surface area contributed by atoms with Crippen molar-refractivity contribution in [3.05, 3.63) is 0 Å². The summed E-state index contributed by atoms with van der Waals surface area (Å²) in [5.41, 5.74) is 0. The Morgan fingerprint density at radius 3 is 0.500 bits per heavy atom. The van der Waals surface area contributed by atoms with Gasteiger partial charge in [0.2, 0.25) is 0 Å². The SMILES string of the molecule is [Cl-].[Cl-].[Cl-].[Nh+3]. The smallest absolute Gasteiger partial charge is 1.00 e. The van der Waals surface area contributed by atoms with Crippen LogP contribution in [0.15, 0.2) is 0 Å². The molecule has 0 aliphatic carbocycles. The van der Waals surface area contributed by atoms with Crippen molar-refractivity contribution in [1.29, 1.82) is 0 Å². The number of hydrogen-bond acceptors (Lipinski definition) is 0. The van der Waals surface area contributed by atoms with Crippen molar-refractivity contribution in [1.82, 2.24) is 0 Å². The van der Waals surface area contributed by atoms with Gasteiger partial charge in [0.25, 0.3) is 0 Å². The first-order chi connectivity index (χ1) is 0. The summed E-state index contributed by atoms with van der Waals surface area (Å²) >= 11 is 0. The largest absolute Gasteiger partial charge is 3.00 e. The minimum absolute atomic E-state index is 0. The first-order valence-corrected chi connectivity index (χ1v) is 0. The van der Waals surface area contributed by atoms with Crippen LogP contribution in [-0.2, 0) is 0 Å². The minimum atomic E-state index is 0. The van der Waals surface area contributed by atoms with Crippen LogP contribution in [-0.4, -0.2) is 0 Å². The fourth-order valence-corrected chi connectivity index (χ4v) is 0. The van der Waals surface area contributed by atoms with E-state index in [9.17, 15) is 0 Å². The van der Waals surface area contributed by atoms with E-state index < -0.39 is 0 Å². The molecule has 0 aromatic heterocycles. The Hall–Kier alpha value is -0.130. The van der Waals surface area contributed by atoms with Crippen molar-refractivity contribution in [2.24, 2.45) is 0 Å². The maximum absolute atomic E-state index is 0. The van der Waals surface area contributed by atoms with E-state index in [0.717, 1.165) is 0 Å². The summed E-state index contributed by atoms with van der Waals surface area (Å²) in [4.78, 5) is 0. The molecule has 0 unspecified atom stereocenters. The summed E-state index contributed by atoms with van der Waals surface area (Å²) in [5.74, 6) is 0. The molecule has 0 aliphatic rings. The third kappa shape index (κ3) is 83.8. The number of hydrogen-bond donors (Lipinski definition) is 0. The second-order valence-electron chi connectivity index (χ2n) is 0. The van der Waals surface area contributed by atoms with Crippen molar-refractivity contribution < 1.29 is 37.2 Å². The van der Waals surface area contributed by atoms with E-state index in [1.54, 1.807) is 0 Å². The van der Waals surface area contributed by atoms with E-state index in [-0.39, 0.29) is 37.2 Å². The average molecular weight is 390 g/mol. The van der Waals surface area contributed by atoms with Gasteiger partial charge in [0, 0.05) is 0 Å². The fourth-order valence-electron chi connectivity index (χ4n) is 0. The fraction of sp³-hybridized carbons (Fsp3) is 0. The van der Waals surface area contributed by atoms with Gasteiger partial charge in [-0.25, -0.2) is 0 Å². The van der Waals surface area contributed by atoms with Gasteiger partial charge in [0.1, 0.15) is 0 Å².